The molecule has 0 saturated heterocycles. The Hall–Kier alpha value is -3.76. The summed E-state index contributed by atoms with van der Waals surface area (Å²) in [6.45, 7) is 0.876. The summed E-state index contributed by atoms with van der Waals surface area (Å²) in [5.74, 6) is 1.35. The van der Waals surface area contributed by atoms with E-state index in [0.29, 0.717) is 37.4 Å². The van der Waals surface area contributed by atoms with Crippen LogP contribution in [0.4, 0.5) is 0 Å². The zero-order valence-electron chi connectivity index (χ0n) is 20.7. The molecule has 4 aromatic heterocycles. The molecular weight excluding hydrogens is 516 g/mol. The van der Waals surface area contributed by atoms with Crippen molar-refractivity contribution in [3.63, 3.8) is 0 Å². The van der Waals surface area contributed by atoms with E-state index in [1.54, 1.807) is 46.4 Å². The van der Waals surface area contributed by atoms with Crippen LogP contribution in [0.1, 0.15) is 24.0 Å². The molecule has 194 valence electrons. The SMILES string of the molecule is O=C(CCSSCCC(=O)NCc1ccc(-c2ccccn2)nc1)NCc1ccc(-c2ccccn2)nc1. The minimum absolute atomic E-state index is 0.00711. The van der Waals surface area contributed by atoms with Crippen LogP contribution in [0.5, 0.6) is 0 Å². The second kappa shape index (κ2) is 14.8. The molecule has 0 spiro atoms. The summed E-state index contributed by atoms with van der Waals surface area (Å²) in [4.78, 5) is 41.7. The molecular formula is C28H28N6O2S2. The van der Waals surface area contributed by atoms with E-state index in [2.05, 4.69) is 30.6 Å². The third kappa shape index (κ3) is 8.97. The molecule has 38 heavy (non-hydrogen) atoms. The third-order valence-electron chi connectivity index (χ3n) is 5.39. The van der Waals surface area contributed by atoms with Gasteiger partial charge in [-0.2, -0.15) is 0 Å². The summed E-state index contributed by atoms with van der Waals surface area (Å²) in [5.41, 5.74) is 5.11. The number of carbonyl (C=O) groups is 2. The molecule has 10 heteroatoms. The van der Waals surface area contributed by atoms with Gasteiger partial charge in [-0.25, -0.2) is 0 Å². The van der Waals surface area contributed by atoms with Gasteiger partial charge in [0.1, 0.15) is 0 Å². The molecule has 0 aliphatic heterocycles. The number of carbonyl (C=O) groups excluding carboxylic acids is 2. The average molecular weight is 545 g/mol. The van der Waals surface area contributed by atoms with Crippen LogP contribution in [-0.4, -0.2) is 43.3 Å². The molecule has 4 aromatic rings. The number of amides is 2. The molecule has 8 nitrogen and oxygen atoms in total. The van der Waals surface area contributed by atoms with Crippen molar-refractivity contribution in [3.05, 3.63) is 96.6 Å². The van der Waals surface area contributed by atoms with Crippen molar-refractivity contribution in [2.75, 3.05) is 11.5 Å². The summed E-state index contributed by atoms with van der Waals surface area (Å²) in [5, 5.41) is 5.84. The Bertz CT molecular complexity index is 1190. The first-order valence-corrected chi connectivity index (χ1v) is 14.7. The fourth-order valence-electron chi connectivity index (χ4n) is 3.35. The van der Waals surface area contributed by atoms with E-state index in [1.165, 1.54) is 0 Å². The number of rotatable bonds is 13. The number of nitrogens with zero attached hydrogens (tertiary/aromatic N) is 4. The largest absolute Gasteiger partial charge is 0.352 e. The van der Waals surface area contributed by atoms with E-state index in [9.17, 15) is 9.59 Å². The van der Waals surface area contributed by atoms with Crippen molar-refractivity contribution in [3.8, 4) is 22.8 Å². The van der Waals surface area contributed by atoms with Gasteiger partial charge in [-0.15, -0.1) is 0 Å². The second-order valence-corrected chi connectivity index (χ2v) is 10.9. The standard InChI is InChI=1S/C28H28N6O2S2/c35-27(33-19-21-7-9-25(31-17-21)23-5-1-3-13-29-23)11-15-37-38-16-12-28(36)34-20-22-8-10-26(32-18-22)24-6-2-4-14-30-24/h1-10,13-14,17-18H,11-12,15-16,19-20H2,(H,33,35)(H,34,36). The molecule has 0 aliphatic carbocycles. The molecule has 0 bridgehead atoms. The monoisotopic (exact) mass is 544 g/mol. The molecule has 4 rings (SSSR count). The first-order valence-electron chi connectivity index (χ1n) is 12.2. The Balaban J connectivity index is 1.04. The maximum absolute atomic E-state index is 12.1. The number of nitrogens with one attached hydrogen (secondary N) is 2. The van der Waals surface area contributed by atoms with Crippen LogP contribution in [0.25, 0.3) is 22.8 Å². The minimum atomic E-state index is -0.00711. The zero-order valence-corrected chi connectivity index (χ0v) is 22.4. The lowest BCUT2D eigenvalue weighted by Gasteiger charge is -2.07. The van der Waals surface area contributed by atoms with Crippen molar-refractivity contribution in [1.29, 1.82) is 0 Å². The maximum Gasteiger partial charge on any atom is 0.221 e. The van der Waals surface area contributed by atoms with Crippen molar-refractivity contribution in [2.24, 2.45) is 0 Å². The van der Waals surface area contributed by atoms with Gasteiger partial charge in [0.25, 0.3) is 0 Å². The van der Waals surface area contributed by atoms with Crippen LogP contribution >= 0.6 is 21.6 Å². The maximum atomic E-state index is 12.1. The molecule has 0 atom stereocenters. The number of hydrogen-bond donors (Lipinski definition) is 2. The summed E-state index contributed by atoms with van der Waals surface area (Å²) < 4.78 is 0. The van der Waals surface area contributed by atoms with Crippen molar-refractivity contribution in [2.45, 2.75) is 25.9 Å². The summed E-state index contributed by atoms with van der Waals surface area (Å²) in [6, 6.07) is 19.1. The van der Waals surface area contributed by atoms with Crippen molar-refractivity contribution < 1.29 is 9.59 Å². The Morgan fingerprint density at radius 2 is 1.03 bits per heavy atom. The van der Waals surface area contributed by atoms with Crippen molar-refractivity contribution in [1.82, 2.24) is 30.6 Å². The van der Waals surface area contributed by atoms with Crippen LogP contribution in [0.15, 0.2) is 85.5 Å². The van der Waals surface area contributed by atoms with Gasteiger partial charge in [0.15, 0.2) is 0 Å². The Kier molecular flexibility index (Phi) is 10.7. The van der Waals surface area contributed by atoms with E-state index in [1.807, 2.05) is 60.7 Å². The van der Waals surface area contributed by atoms with Crippen LogP contribution in [0.2, 0.25) is 0 Å². The van der Waals surface area contributed by atoms with Gasteiger partial charge in [-0.1, -0.05) is 45.9 Å². The van der Waals surface area contributed by atoms with Gasteiger partial charge < -0.3 is 10.6 Å². The summed E-state index contributed by atoms with van der Waals surface area (Å²) >= 11 is 0. The Morgan fingerprint density at radius 3 is 1.39 bits per heavy atom. The molecule has 0 fully saturated rings. The lowest BCUT2D eigenvalue weighted by atomic mass is 10.2. The Labute approximate surface area is 229 Å². The van der Waals surface area contributed by atoms with Gasteiger partial charge in [0.05, 0.1) is 22.8 Å². The first-order chi connectivity index (χ1) is 18.7. The van der Waals surface area contributed by atoms with E-state index >= 15 is 0 Å². The minimum Gasteiger partial charge on any atom is -0.352 e. The highest BCUT2D eigenvalue weighted by atomic mass is 33.1. The second-order valence-electron chi connectivity index (χ2n) is 8.23. The summed E-state index contributed by atoms with van der Waals surface area (Å²) in [7, 11) is 3.20. The van der Waals surface area contributed by atoms with Crippen LogP contribution in [-0.2, 0) is 22.7 Å². The number of pyridine rings is 4. The summed E-state index contributed by atoms with van der Waals surface area (Å²) in [6.07, 6.45) is 7.83. The van der Waals surface area contributed by atoms with Crippen molar-refractivity contribution >= 4 is 33.4 Å². The van der Waals surface area contributed by atoms with Gasteiger partial charge in [0, 0.05) is 62.2 Å². The molecule has 0 saturated carbocycles. The van der Waals surface area contributed by atoms with E-state index in [0.717, 1.165) is 33.9 Å². The molecule has 2 amide bonds. The van der Waals surface area contributed by atoms with E-state index in [4.69, 9.17) is 0 Å². The number of aromatic nitrogens is 4. The lowest BCUT2D eigenvalue weighted by Crippen LogP contribution is -2.23. The van der Waals surface area contributed by atoms with Gasteiger partial charge in [0.2, 0.25) is 11.8 Å². The molecule has 0 unspecified atom stereocenters. The number of hydrogen-bond acceptors (Lipinski definition) is 8. The van der Waals surface area contributed by atoms with Crippen LogP contribution < -0.4 is 10.6 Å². The van der Waals surface area contributed by atoms with Gasteiger partial charge in [-0.3, -0.25) is 29.5 Å². The van der Waals surface area contributed by atoms with Crippen LogP contribution in [0, 0.1) is 0 Å². The van der Waals surface area contributed by atoms with Gasteiger partial charge in [-0.05, 0) is 47.5 Å². The fourth-order valence-corrected chi connectivity index (χ4v) is 5.33. The molecule has 2 N–H and O–H groups in total. The molecule has 0 aromatic carbocycles. The Morgan fingerprint density at radius 1 is 0.579 bits per heavy atom. The predicted molar refractivity (Wildman–Crippen MR) is 153 cm³/mol. The van der Waals surface area contributed by atoms with Gasteiger partial charge >= 0.3 is 0 Å². The van der Waals surface area contributed by atoms with E-state index < -0.39 is 0 Å². The van der Waals surface area contributed by atoms with E-state index in [-0.39, 0.29) is 11.8 Å². The van der Waals surface area contributed by atoms with Crippen LogP contribution in [0.3, 0.4) is 0 Å². The third-order valence-corrected chi connectivity index (χ3v) is 7.80. The highest BCUT2D eigenvalue weighted by Gasteiger charge is 2.06. The average Bonchev–Trinajstić information content (AvgIpc) is 2.98. The smallest absolute Gasteiger partial charge is 0.221 e. The quantitative estimate of drug-likeness (QED) is 0.184. The molecule has 4 heterocycles. The predicted octanol–water partition coefficient (Wildman–Crippen LogP) is 4.69. The normalized spacial score (nSPS) is 10.6. The zero-order chi connectivity index (χ0) is 26.4. The first kappa shape index (κ1) is 27.3. The topological polar surface area (TPSA) is 110 Å². The fraction of sp³-hybridized carbons (Fsp3) is 0.214. The molecule has 0 radical (unpaired) electrons. The molecule has 0 aliphatic rings. The lowest BCUT2D eigenvalue weighted by molar-refractivity contribution is -0.121. The highest BCUT2D eigenvalue weighted by Crippen LogP contribution is 2.22. The highest BCUT2D eigenvalue weighted by molar-refractivity contribution is 8.76.